The van der Waals surface area contributed by atoms with E-state index in [9.17, 15) is 0 Å². The summed E-state index contributed by atoms with van der Waals surface area (Å²) in [7, 11) is 0. The molecule has 0 amide bonds. The predicted molar refractivity (Wildman–Crippen MR) is 265 cm³/mol. The Balaban J connectivity index is 0.977. The van der Waals surface area contributed by atoms with Gasteiger partial charge >= 0.3 is 0 Å². The molecule has 0 fully saturated rings. The molecule has 0 radical (unpaired) electrons. The number of aromatic nitrogens is 2. The first kappa shape index (κ1) is 36.2. The number of benzene rings is 10. The Morgan fingerprint density at radius 1 is 0.274 bits per heavy atom. The van der Waals surface area contributed by atoms with Gasteiger partial charge in [0.15, 0.2) is 0 Å². The first-order valence-corrected chi connectivity index (χ1v) is 21.7. The molecule has 0 unspecified atom stereocenters. The maximum Gasteiger partial charge on any atom is 0.0541 e. The van der Waals surface area contributed by atoms with E-state index in [4.69, 9.17) is 0 Å². The SMILES string of the molecule is CC(C)(C)c1cccc(-n2c3ccccc3c3cc(-c4ccc5c(c4)c4ccccc4n5-c4ccc(-c5c6ccccc6c(-c6ccccc6)c6ccccc56)cc4)ccc32)c1. The van der Waals surface area contributed by atoms with Gasteiger partial charge in [0.2, 0.25) is 0 Å². The van der Waals surface area contributed by atoms with Crippen LogP contribution in [0.15, 0.2) is 212 Å². The molecule has 2 heteroatoms. The van der Waals surface area contributed by atoms with Crippen LogP contribution in [0.25, 0.3) is 110 Å². The molecule has 294 valence electrons. The molecule has 0 bridgehead atoms. The van der Waals surface area contributed by atoms with Crippen LogP contribution in [0, 0.1) is 0 Å². The molecule has 0 spiro atoms. The molecule has 0 atom stereocenters. The number of fused-ring (bicyclic) bond motifs is 8. The summed E-state index contributed by atoms with van der Waals surface area (Å²) in [5.74, 6) is 0. The minimum absolute atomic E-state index is 0.0632. The topological polar surface area (TPSA) is 9.86 Å². The van der Waals surface area contributed by atoms with Crippen LogP contribution in [0.5, 0.6) is 0 Å². The van der Waals surface area contributed by atoms with Gasteiger partial charge in [-0.2, -0.15) is 0 Å². The summed E-state index contributed by atoms with van der Waals surface area (Å²) in [5.41, 5.74) is 16.0. The first-order valence-electron chi connectivity index (χ1n) is 21.7. The lowest BCUT2D eigenvalue weighted by atomic mass is 9.86. The van der Waals surface area contributed by atoms with Crippen LogP contribution in [-0.4, -0.2) is 9.13 Å². The molecule has 0 aliphatic heterocycles. The van der Waals surface area contributed by atoms with E-state index in [2.05, 4.69) is 242 Å². The van der Waals surface area contributed by atoms with Gasteiger partial charge in [-0.15, -0.1) is 0 Å². The highest BCUT2D eigenvalue weighted by atomic mass is 15.0. The van der Waals surface area contributed by atoms with Gasteiger partial charge in [0.1, 0.15) is 0 Å². The molecule has 0 aliphatic rings. The Labute approximate surface area is 361 Å². The van der Waals surface area contributed by atoms with Crippen molar-refractivity contribution in [2.24, 2.45) is 0 Å². The maximum atomic E-state index is 2.43. The summed E-state index contributed by atoms with van der Waals surface area (Å²) < 4.78 is 4.85. The Bertz CT molecular complexity index is 3650. The van der Waals surface area contributed by atoms with E-state index in [1.54, 1.807) is 0 Å². The summed E-state index contributed by atoms with van der Waals surface area (Å²) in [6.07, 6.45) is 0. The molecule has 12 rings (SSSR count). The molecule has 62 heavy (non-hydrogen) atoms. The molecule has 10 aromatic carbocycles. The van der Waals surface area contributed by atoms with E-state index in [1.807, 2.05) is 0 Å². The normalized spacial score (nSPS) is 12.1. The Hall–Kier alpha value is -7.68. The molecule has 0 saturated carbocycles. The number of nitrogens with zero attached hydrogens (tertiary/aromatic N) is 2. The lowest BCUT2D eigenvalue weighted by Crippen LogP contribution is -2.11. The van der Waals surface area contributed by atoms with Crippen molar-refractivity contribution in [2.75, 3.05) is 0 Å². The molecule has 2 heterocycles. The molecule has 0 N–H and O–H groups in total. The van der Waals surface area contributed by atoms with Crippen LogP contribution in [0.4, 0.5) is 0 Å². The van der Waals surface area contributed by atoms with Crippen LogP contribution >= 0.6 is 0 Å². The van der Waals surface area contributed by atoms with Crippen molar-refractivity contribution in [3.8, 4) is 44.8 Å². The summed E-state index contributed by atoms with van der Waals surface area (Å²) in [5, 5.41) is 10.1. The number of hydrogen-bond donors (Lipinski definition) is 0. The Morgan fingerprint density at radius 2 is 0.677 bits per heavy atom. The van der Waals surface area contributed by atoms with E-state index >= 15 is 0 Å². The second kappa shape index (κ2) is 13.9. The minimum Gasteiger partial charge on any atom is -0.309 e. The summed E-state index contributed by atoms with van der Waals surface area (Å²) >= 11 is 0. The second-order valence-electron chi connectivity index (χ2n) is 17.7. The van der Waals surface area contributed by atoms with Crippen molar-refractivity contribution >= 4 is 65.2 Å². The lowest BCUT2D eigenvalue weighted by molar-refractivity contribution is 0.590. The van der Waals surface area contributed by atoms with Crippen LogP contribution in [0.2, 0.25) is 0 Å². The van der Waals surface area contributed by atoms with Gasteiger partial charge in [0.25, 0.3) is 0 Å². The molecule has 0 aliphatic carbocycles. The quantitative estimate of drug-likeness (QED) is 0.154. The molecular weight excluding hydrogens is 749 g/mol. The summed E-state index contributed by atoms with van der Waals surface area (Å²) in [6, 6.07) is 78.5. The third-order valence-corrected chi connectivity index (χ3v) is 13.1. The van der Waals surface area contributed by atoms with Gasteiger partial charge in [-0.1, -0.05) is 172 Å². The van der Waals surface area contributed by atoms with Gasteiger partial charge in [0, 0.05) is 32.9 Å². The average molecular weight is 793 g/mol. The van der Waals surface area contributed by atoms with Gasteiger partial charge in [-0.05, 0) is 127 Å². The number of hydrogen-bond acceptors (Lipinski definition) is 0. The third kappa shape index (κ3) is 5.64. The van der Waals surface area contributed by atoms with E-state index < -0.39 is 0 Å². The second-order valence-corrected chi connectivity index (χ2v) is 17.7. The smallest absolute Gasteiger partial charge is 0.0541 e. The van der Waals surface area contributed by atoms with Crippen molar-refractivity contribution in [1.29, 1.82) is 0 Å². The van der Waals surface area contributed by atoms with Crippen LogP contribution in [-0.2, 0) is 5.41 Å². The highest BCUT2D eigenvalue weighted by Gasteiger charge is 2.20. The fourth-order valence-corrected chi connectivity index (χ4v) is 10.1. The average Bonchev–Trinajstić information content (AvgIpc) is 3.83. The van der Waals surface area contributed by atoms with Crippen molar-refractivity contribution in [2.45, 2.75) is 26.2 Å². The molecule has 2 nitrogen and oxygen atoms in total. The fourth-order valence-electron chi connectivity index (χ4n) is 10.1. The molecule has 0 saturated heterocycles. The van der Waals surface area contributed by atoms with Crippen LogP contribution in [0.1, 0.15) is 26.3 Å². The number of rotatable bonds is 5. The van der Waals surface area contributed by atoms with Crippen molar-refractivity contribution in [1.82, 2.24) is 9.13 Å². The Kier molecular flexibility index (Phi) is 8.14. The van der Waals surface area contributed by atoms with Gasteiger partial charge in [-0.3, -0.25) is 0 Å². The Morgan fingerprint density at radius 3 is 1.18 bits per heavy atom. The van der Waals surface area contributed by atoms with E-state index in [0.29, 0.717) is 0 Å². The van der Waals surface area contributed by atoms with Gasteiger partial charge in [-0.25, -0.2) is 0 Å². The predicted octanol–water partition coefficient (Wildman–Crippen LogP) is 16.5. The standard InChI is InChI=1S/C60H44N2/c1-60(2,3)43-18-15-19-45(38-43)62-55-27-14-12-21-47(55)53-37-42(31-35-57(53)62)41-30-34-56-52(36-41)46-20-11-13-26-54(46)61(56)44-32-28-40(29-33-44)59-50-24-9-7-22-48(50)58(39-16-5-4-6-17-39)49-23-8-10-25-51(49)59/h4-38H,1-3H3. The zero-order valence-corrected chi connectivity index (χ0v) is 35.1. The largest absolute Gasteiger partial charge is 0.309 e. The number of para-hydroxylation sites is 2. The van der Waals surface area contributed by atoms with Crippen molar-refractivity contribution in [3.05, 3.63) is 218 Å². The molecule has 2 aromatic heterocycles. The zero-order chi connectivity index (χ0) is 41.5. The third-order valence-electron chi connectivity index (χ3n) is 13.1. The van der Waals surface area contributed by atoms with Crippen LogP contribution in [0.3, 0.4) is 0 Å². The first-order chi connectivity index (χ1) is 30.4. The maximum absolute atomic E-state index is 2.43. The summed E-state index contributed by atoms with van der Waals surface area (Å²) in [4.78, 5) is 0. The van der Waals surface area contributed by atoms with Crippen molar-refractivity contribution < 1.29 is 0 Å². The molecule has 12 aromatic rings. The molecular formula is C60H44N2. The lowest BCUT2D eigenvalue weighted by Gasteiger charge is -2.20. The van der Waals surface area contributed by atoms with Crippen LogP contribution < -0.4 is 0 Å². The van der Waals surface area contributed by atoms with Crippen molar-refractivity contribution in [3.63, 3.8) is 0 Å². The highest BCUT2D eigenvalue weighted by Crippen LogP contribution is 2.44. The van der Waals surface area contributed by atoms with E-state index in [-0.39, 0.29) is 5.41 Å². The van der Waals surface area contributed by atoms with E-state index in [0.717, 1.165) is 5.69 Å². The zero-order valence-electron chi connectivity index (χ0n) is 35.1. The monoisotopic (exact) mass is 792 g/mol. The van der Waals surface area contributed by atoms with Gasteiger partial charge in [0.05, 0.1) is 22.1 Å². The van der Waals surface area contributed by atoms with Gasteiger partial charge < -0.3 is 9.13 Å². The minimum atomic E-state index is 0.0632. The van der Waals surface area contributed by atoms with E-state index in [1.165, 1.54) is 110 Å². The highest BCUT2D eigenvalue weighted by molar-refractivity contribution is 6.21. The summed E-state index contributed by atoms with van der Waals surface area (Å²) in [6.45, 7) is 6.85. The fraction of sp³-hybridized carbons (Fsp3) is 0.0667.